The summed E-state index contributed by atoms with van der Waals surface area (Å²) in [5.41, 5.74) is -26.0. The van der Waals surface area contributed by atoms with Gasteiger partial charge in [0.05, 0.1) is 50.8 Å². The lowest BCUT2D eigenvalue weighted by Crippen LogP contribution is -3.12. The Bertz CT molecular complexity index is 922. The lowest BCUT2D eigenvalue weighted by Gasteiger charge is -2.79. The number of aliphatic hydroxyl groups excluding tert-OH is 4. The van der Waals surface area contributed by atoms with Gasteiger partial charge in [0.2, 0.25) is 0 Å². The first-order valence-corrected chi connectivity index (χ1v) is 16.4. The fourth-order valence-electron chi connectivity index (χ4n) is 7.49. The second-order valence-corrected chi connectivity index (χ2v) is 13.2. The number of aliphatic hydroxyl groups is 4. The van der Waals surface area contributed by atoms with Crippen molar-refractivity contribution < 1.29 is 92.1 Å². The van der Waals surface area contributed by atoms with Gasteiger partial charge in [0.25, 0.3) is 22.4 Å². The molecule has 20 heteroatoms. The van der Waals surface area contributed by atoms with E-state index in [0.29, 0.717) is 0 Å². The highest BCUT2D eigenvalue weighted by molar-refractivity contribution is 5.55. The molecule has 0 saturated heterocycles. The van der Waals surface area contributed by atoms with Crippen molar-refractivity contribution in [2.75, 3.05) is 26.4 Å². The van der Waals surface area contributed by atoms with Gasteiger partial charge in [-0.1, -0.05) is 53.4 Å². The molecule has 4 bridgehead atoms. The summed E-state index contributed by atoms with van der Waals surface area (Å²) in [4.78, 5) is 0. The van der Waals surface area contributed by atoms with Crippen molar-refractivity contribution in [3.8, 4) is 0 Å². The molecule has 4 saturated carbocycles. The monoisotopic (exact) mass is 760 g/mol. The lowest BCUT2D eigenvalue weighted by molar-refractivity contribution is -0.650. The van der Waals surface area contributed by atoms with Crippen molar-refractivity contribution in [2.24, 2.45) is 0 Å². The van der Waals surface area contributed by atoms with Crippen LogP contribution >= 0.6 is 0 Å². The van der Waals surface area contributed by atoms with Crippen molar-refractivity contribution in [1.29, 1.82) is 0 Å². The van der Waals surface area contributed by atoms with Gasteiger partial charge in [0.15, 0.2) is 0 Å². The van der Waals surface area contributed by atoms with E-state index in [2.05, 4.69) is 18.9 Å². The van der Waals surface area contributed by atoms with E-state index in [1.54, 1.807) is 0 Å². The molecule has 0 heterocycles. The first kappa shape index (κ1) is 43.2. The minimum atomic E-state index is -7.10. The van der Waals surface area contributed by atoms with Crippen LogP contribution in [0.5, 0.6) is 0 Å². The molecule has 0 aromatic heterocycles. The van der Waals surface area contributed by atoms with Gasteiger partial charge in [-0.3, -0.25) is 0 Å². The minimum Gasteiger partial charge on any atom is -0.391 e. The fraction of sp³-hybridized carbons (Fsp3) is 1.00. The molecule has 4 atom stereocenters. The number of halogens is 12. The van der Waals surface area contributed by atoms with Gasteiger partial charge in [0.1, 0.15) is 0 Å². The molecule has 0 aromatic carbocycles. The van der Waals surface area contributed by atoms with Crippen LogP contribution in [0.3, 0.4) is 0 Å². The Balaban J connectivity index is 2.64. The number of hydrogen-bond donors (Lipinski definition) is 4. The van der Waals surface area contributed by atoms with Crippen molar-refractivity contribution in [2.45, 2.75) is 161 Å². The first-order valence-electron chi connectivity index (χ1n) is 16.4. The van der Waals surface area contributed by atoms with Crippen LogP contribution in [0.15, 0.2) is 0 Å². The van der Waals surface area contributed by atoms with E-state index in [-0.39, 0.29) is 25.7 Å². The predicted molar refractivity (Wildman–Crippen MR) is 148 cm³/mol. The second kappa shape index (κ2) is 13.9. The van der Waals surface area contributed by atoms with E-state index in [4.69, 9.17) is 0 Å². The third-order valence-corrected chi connectivity index (χ3v) is 9.76. The van der Waals surface area contributed by atoms with E-state index >= 15 is 52.7 Å². The summed E-state index contributed by atoms with van der Waals surface area (Å²) in [5.74, 6) is -42.6. The lowest BCUT2D eigenvalue weighted by atomic mass is 9.38. The van der Waals surface area contributed by atoms with E-state index < -0.39 is 134 Å². The number of rotatable bonds is 20. The fourth-order valence-corrected chi connectivity index (χ4v) is 7.49. The van der Waals surface area contributed by atoms with Gasteiger partial charge < -0.3 is 39.4 Å². The Morgan fingerprint density at radius 3 is 0.600 bits per heavy atom. The Labute approximate surface area is 280 Å². The third-order valence-electron chi connectivity index (χ3n) is 9.76. The molecule has 4 fully saturated rings. The van der Waals surface area contributed by atoms with Crippen LogP contribution in [0, 0.1) is 0 Å². The Morgan fingerprint density at radius 1 is 0.340 bits per heavy atom. The maximum absolute atomic E-state index is 16.9. The number of hydrogen-bond acceptors (Lipinski definition) is 8. The average molecular weight is 761 g/mol. The molecular formula is C30H44F12O8. The Hall–Kier alpha value is -1.16. The highest BCUT2D eigenvalue weighted by Gasteiger charge is 3.22. The van der Waals surface area contributed by atoms with E-state index in [0.717, 1.165) is 0 Å². The summed E-state index contributed by atoms with van der Waals surface area (Å²) in [6, 6.07) is 0. The molecule has 4 aliphatic rings. The first-order chi connectivity index (χ1) is 22.8. The van der Waals surface area contributed by atoms with Gasteiger partial charge in [-0.2, -0.15) is 52.7 Å². The van der Waals surface area contributed by atoms with Crippen LogP contribution in [0.4, 0.5) is 52.7 Å². The molecule has 0 radical (unpaired) electrons. The summed E-state index contributed by atoms with van der Waals surface area (Å²) in [7, 11) is 0. The van der Waals surface area contributed by atoms with Crippen molar-refractivity contribution in [3.63, 3.8) is 0 Å². The quantitative estimate of drug-likeness (QED) is 0.120. The average Bonchev–Trinajstić information content (AvgIpc) is 2.95. The Kier molecular flexibility index (Phi) is 12.0. The third kappa shape index (κ3) is 4.82. The molecule has 0 amide bonds. The Morgan fingerprint density at radius 2 is 0.480 bits per heavy atom. The topological polar surface area (TPSA) is 118 Å². The van der Waals surface area contributed by atoms with E-state index in [1.807, 2.05) is 0 Å². The molecule has 4 unspecified atom stereocenters. The zero-order valence-corrected chi connectivity index (χ0v) is 27.8. The standard InChI is InChI=1S/C30H44F12O8/c1-5-9-17(43)13-47-21-25(31,32)22(48-14-18(44)10-6-2)28(37,38)23(26(21,33)34,49-15-19(45)11-7-3)30(41,42)24(27(21,35)36,29(22,39)40)50-16-20(46)12-8-4/h17-20,43-46H,5-16H2,1-4H3. The summed E-state index contributed by atoms with van der Waals surface area (Å²) in [6.07, 6.45) is -11.6. The van der Waals surface area contributed by atoms with E-state index in [1.165, 1.54) is 27.7 Å². The maximum atomic E-state index is 16.9. The zero-order chi connectivity index (χ0) is 38.6. The smallest absolute Gasteiger partial charge is 0.329 e. The molecule has 50 heavy (non-hydrogen) atoms. The second-order valence-electron chi connectivity index (χ2n) is 13.2. The van der Waals surface area contributed by atoms with Crippen LogP contribution in [0.2, 0.25) is 0 Å². The largest absolute Gasteiger partial charge is 0.391 e. The summed E-state index contributed by atoms with van der Waals surface area (Å²) < 4.78 is 220. The molecular weight excluding hydrogens is 716 g/mol. The van der Waals surface area contributed by atoms with Gasteiger partial charge in [-0.05, 0) is 25.7 Å². The van der Waals surface area contributed by atoms with Crippen LogP contribution < -0.4 is 0 Å². The van der Waals surface area contributed by atoms with Gasteiger partial charge in [0, 0.05) is 0 Å². The molecule has 0 aliphatic heterocycles. The van der Waals surface area contributed by atoms with Gasteiger partial charge in [-0.15, -0.1) is 0 Å². The minimum absolute atomic E-state index is 0.0952. The van der Waals surface area contributed by atoms with Crippen molar-refractivity contribution >= 4 is 0 Å². The van der Waals surface area contributed by atoms with Crippen LogP contribution in [-0.2, 0) is 18.9 Å². The maximum Gasteiger partial charge on any atom is 0.329 e. The number of ether oxygens (including phenoxy) is 4. The zero-order valence-electron chi connectivity index (χ0n) is 27.8. The molecule has 8 nitrogen and oxygen atoms in total. The molecule has 4 aliphatic carbocycles. The molecule has 0 aromatic rings. The van der Waals surface area contributed by atoms with Gasteiger partial charge >= 0.3 is 35.5 Å². The van der Waals surface area contributed by atoms with E-state index in [9.17, 15) is 20.4 Å². The normalized spacial score (nSPS) is 36.2. The highest BCUT2D eigenvalue weighted by Crippen LogP contribution is 2.88. The summed E-state index contributed by atoms with van der Waals surface area (Å²) in [6.45, 7) is -2.88. The van der Waals surface area contributed by atoms with Crippen molar-refractivity contribution in [1.82, 2.24) is 0 Å². The molecule has 0 spiro atoms. The van der Waals surface area contributed by atoms with Gasteiger partial charge in [-0.25, -0.2) is 0 Å². The molecule has 4 N–H and O–H groups in total. The van der Waals surface area contributed by atoms with Crippen LogP contribution in [0.25, 0.3) is 0 Å². The van der Waals surface area contributed by atoms with Crippen molar-refractivity contribution in [3.05, 3.63) is 0 Å². The van der Waals surface area contributed by atoms with Crippen LogP contribution in [-0.4, -0.2) is 129 Å². The predicted octanol–water partition coefficient (Wildman–Crippen LogP) is 5.50. The number of alkyl halides is 12. The highest BCUT2D eigenvalue weighted by atomic mass is 19.3. The molecule has 296 valence electrons. The summed E-state index contributed by atoms with van der Waals surface area (Å²) in [5, 5.41) is 40.7. The molecule has 4 rings (SSSR count). The SMILES string of the molecule is CCCC(O)COC12C(F)(F)C3(OCC(O)CCC)C(F)(F)C(OCC(O)CCC)(C1(F)F)C(F)(F)C(OCC(O)CCC)(C2(F)F)C3(F)F. The summed E-state index contributed by atoms with van der Waals surface area (Å²) >= 11 is 0. The van der Waals surface area contributed by atoms with Crippen LogP contribution in [0.1, 0.15) is 79.1 Å².